The van der Waals surface area contributed by atoms with Crippen LogP contribution in [0.15, 0.2) is 41.0 Å². The average Bonchev–Trinajstić information content (AvgIpc) is 2.80. The highest BCUT2D eigenvalue weighted by atomic mass is 35.5. The first-order valence-corrected chi connectivity index (χ1v) is 7.82. The molecule has 1 aromatic carbocycles. The fourth-order valence-electron chi connectivity index (χ4n) is 3.45. The summed E-state index contributed by atoms with van der Waals surface area (Å²) in [5.41, 5.74) is 6.30. The third kappa shape index (κ3) is 2.35. The number of hydrogen-bond acceptors (Lipinski definition) is 1. The van der Waals surface area contributed by atoms with E-state index in [2.05, 4.69) is 19.1 Å². The van der Waals surface area contributed by atoms with Gasteiger partial charge < -0.3 is 0 Å². The minimum Gasteiger partial charge on any atom is -0.294 e. The summed E-state index contributed by atoms with van der Waals surface area (Å²) < 4.78 is 0. The van der Waals surface area contributed by atoms with Gasteiger partial charge in [0, 0.05) is 11.4 Å². The van der Waals surface area contributed by atoms with Crippen molar-refractivity contribution in [3.63, 3.8) is 0 Å². The zero-order chi connectivity index (χ0) is 14.1. The zero-order valence-corrected chi connectivity index (χ0v) is 12.6. The molecule has 2 aliphatic rings. The maximum Gasteiger partial charge on any atom is 0.163 e. The lowest BCUT2D eigenvalue weighted by molar-refractivity contribution is -0.114. The fraction of sp³-hybridized carbons (Fsp3) is 0.389. The van der Waals surface area contributed by atoms with Crippen molar-refractivity contribution >= 4 is 23.0 Å². The SMILES string of the molecule is CC/C(=C1\CC(=O)C2=C1CCCC2)c1ccc(Cl)cc1. The van der Waals surface area contributed by atoms with Crippen molar-refractivity contribution in [3.8, 4) is 0 Å². The Bertz CT molecular complexity index is 605. The smallest absolute Gasteiger partial charge is 0.163 e. The van der Waals surface area contributed by atoms with Crippen molar-refractivity contribution in [1.82, 2.24) is 0 Å². The van der Waals surface area contributed by atoms with Crippen molar-refractivity contribution < 1.29 is 4.79 Å². The summed E-state index contributed by atoms with van der Waals surface area (Å²) in [5.74, 6) is 0.356. The van der Waals surface area contributed by atoms with E-state index < -0.39 is 0 Å². The van der Waals surface area contributed by atoms with Crippen molar-refractivity contribution in [2.45, 2.75) is 45.4 Å². The predicted molar refractivity (Wildman–Crippen MR) is 83.8 cm³/mol. The molecule has 0 unspecified atom stereocenters. The normalized spacial score (nSPS) is 21.2. The second-order valence-electron chi connectivity index (χ2n) is 5.58. The van der Waals surface area contributed by atoms with E-state index in [9.17, 15) is 4.79 Å². The number of carbonyl (C=O) groups excluding carboxylic acids is 1. The van der Waals surface area contributed by atoms with Gasteiger partial charge in [0.1, 0.15) is 0 Å². The van der Waals surface area contributed by atoms with Crippen LogP contribution in [0.25, 0.3) is 5.57 Å². The number of hydrogen-bond donors (Lipinski definition) is 0. The molecule has 0 saturated heterocycles. The van der Waals surface area contributed by atoms with Crippen LogP contribution in [-0.4, -0.2) is 5.78 Å². The molecule has 2 aliphatic carbocycles. The quantitative estimate of drug-likeness (QED) is 0.716. The molecular weight excluding hydrogens is 268 g/mol. The molecule has 0 bridgehead atoms. The minimum atomic E-state index is 0.356. The van der Waals surface area contributed by atoms with Gasteiger partial charge in [-0.3, -0.25) is 4.79 Å². The van der Waals surface area contributed by atoms with Gasteiger partial charge in [-0.05, 0) is 72.1 Å². The third-order valence-corrected chi connectivity index (χ3v) is 4.67. The molecule has 0 amide bonds. The van der Waals surface area contributed by atoms with Crippen molar-refractivity contribution in [1.29, 1.82) is 0 Å². The number of halogens is 1. The van der Waals surface area contributed by atoms with Gasteiger partial charge in [0.15, 0.2) is 5.78 Å². The van der Waals surface area contributed by atoms with Gasteiger partial charge in [-0.2, -0.15) is 0 Å². The molecule has 3 rings (SSSR count). The van der Waals surface area contributed by atoms with Gasteiger partial charge in [0.05, 0.1) is 0 Å². The van der Waals surface area contributed by atoms with Crippen LogP contribution in [0, 0.1) is 0 Å². The molecule has 1 aromatic rings. The number of rotatable bonds is 2. The van der Waals surface area contributed by atoms with Crippen LogP contribution in [0.5, 0.6) is 0 Å². The third-order valence-electron chi connectivity index (χ3n) is 4.42. The molecule has 0 fully saturated rings. The molecule has 0 aliphatic heterocycles. The number of carbonyl (C=O) groups is 1. The first-order chi connectivity index (χ1) is 9.70. The highest BCUT2D eigenvalue weighted by molar-refractivity contribution is 6.30. The minimum absolute atomic E-state index is 0.356. The number of allylic oxidation sites excluding steroid dienone is 4. The topological polar surface area (TPSA) is 17.1 Å². The van der Waals surface area contributed by atoms with E-state index in [-0.39, 0.29) is 0 Å². The average molecular weight is 287 g/mol. The fourth-order valence-corrected chi connectivity index (χ4v) is 3.58. The maximum absolute atomic E-state index is 12.2. The van der Waals surface area contributed by atoms with Crippen LogP contribution in [0.3, 0.4) is 0 Å². The summed E-state index contributed by atoms with van der Waals surface area (Å²) in [4.78, 5) is 12.2. The molecule has 0 heterocycles. The van der Waals surface area contributed by atoms with Crippen LogP contribution in [0.2, 0.25) is 5.02 Å². The van der Waals surface area contributed by atoms with E-state index in [1.165, 1.54) is 35.1 Å². The second-order valence-corrected chi connectivity index (χ2v) is 6.02. The van der Waals surface area contributed by atoms with E-state index in [1.807, 2.05) is 12.1 Å². The van der Waals surface area contributed by atoms with Crippen molar-refractivity contribution in [3.05, 3.63) is 51.6 Å². The molecule has 0 saturated carbocycles. The molecule has 20 heavy (non-hydrogen) atoms. The van der Waals surface area contributed by atoms with E-state index in [0.717, 1.165) is 29.9 Å². The lowest BCUT2D eigenvalue weighted by Gasteiger charge is -2.17. The van der Waals surface area contributed by atoms with Crippen LogP contribution in [0.4, 0.5) is 0 Å². The van der Waals surface area contributed by atoms with E-state index in [4.69, 9.17) is 11.6 Å². The Morgan fingerprint density at radius 2 is 1.75 bits per heavy atom. The molecule has 104 valence electrons. The molecule has 1 nitrogen and oxygen atoms in total. The van der Waals surface area contributed by atoms with Gasteiger partial charge in [-0.15, -0.1) is 0 Å². The van der Waals surface area contributed by atoms with Crippen LogP contribution in [-0.2, 0) is 4.79 Å². The molecular formula is C18H19ClO. The zero-order valence-electron chi connectivity index (χ0n) is 11.8. The summed E-state index contributed by atoms with van der Waals surface area (Å²) in [5, 5.41) is 0.759. The van der Waals surface area contributed by atoms with Gasteiger partial charge in [0.25, 0.3) is 0 Å². The lowest BCUT2D eigenvalue weighted by Crippen LogP contribution is -2.00. The number of ketones is 1. The monoisotopic (exact) mass is 286 g/mol. The van der Waals surface area contributed by atoms with Gasteiger partial charge >= 0.3 is 0 Å². The summed E-state index contributed by atoms with van der Waals surface area (Å²) in [7, 11) is 0. The summed E-state index contributed by atoms with van der Waals surface area (Å²) in [6.07, 6.45) is 6.01. The number of Topliss-reactive ketones (excluding diaryl/α,β-unsaturated/α-hetero) is 1. The second kappa shape index (κ2) is 5.57. The Morgan fingerprint density at radius 1 is 1.10 bits per heavy atom. The highest BCUT2D eigenvalue weighted by Gasteiger charge is 2.30. The standard InChI is InChI=1S/C18H19ClO/c1-2-14(12-7-9-13(19)10-8-12)17-11-18(20)16-6-4-3-5-15(16)17/h7-10H,2-6,11H2,1H3/b17-14-. The molecule has 0 aromatic heterocycles. The van der Waals surface area contributed by atoms with Gasteiger partial charge in [0.2, 0.25) is 0 Å². The van der Waals surface area contributed by atoms with Crippen molar-refractivity contribution in [2.24, 2.45) is 0 Å². The molecule has 0 radical (unpaired) electrons. The first-order valence-electron chi connectivity index (χ1n) is 7.44. The Hall–Kier alpha value is -1.34. The van der Waals surface area contributed by atoms with Gasteiger partial charge in [-0.25, -0.2) is 0 Å². The molecule has 2 heteroatoms. The lowest BCUT2D eigenvalue weighted by atomic mass is 9.88. The van der Waals surface area contributed by atoms with Gasteiger partial charge in [-0.1, -0.05) is 30.7 Å². The Morgan fingerprint density at radius 3 is 2.40 bits per heavy atom. The first kappa shape index (κ1) is 13.6. The molecule has 0 spiro atoms. The largest absolute Gasteiger partial charge is 0.294 e. The Labute approximate surface area is 125 Å². The summed E-state index contributed by atoms with van der Waals surface area (Å²) >= 11 is 5.97. The Balaban J connectivity index is 2.09. The highest BCUT2D eigenvalue weighted by Crippen LogP contribution is 2.42. The van der Waals surface area contributed by atoms with E-state index >= 15 is 0 Å². The van der Waals surface area contributed by atoms with Crippen LogP contribution in [0.1, 0.15) is 51.0 Å². The summed E-state index contributed by atoms with van der Waals surface area (Å²) in [6.45, 7) is 2.17. The van der Waals surface area contributed by atoms with E-state index in [1.54, 1.807) is 0 Å². The van der Waals surface area contributed by atoms with Crippen molar-refractivity contribution in [2.75, 3.05) is 0 Å². The number of benzene rings is 1. The van der Waals surface area contributed by atoms with Crippen LogP contribution < -0.4 is 0 Å². The summed E-state index contributed by atoms with van der Waals surface area (Å²) in [6, 6.07) is 8.00. The van der Waals surface area contributed by atoms with Crippen LogP contribution >= 0.6 is 11.6 Å². The molecule has 0 atom stereocenters. The maximum atomic E-state index is 12.2. The van der Waals surface area contributed by atoms with E-state index in [0.29, 0.717) is 12.2 Å². The molecule has 0 N–H and O–H groups in total. The predicted octanol–water partition coefficient (Wildman–Crippen LogP) is 5.35. The Kier molecular flexibility index (Phi) is 3.80.